The molecule has 2 N–H and O–H groups in total. The molecule has 1 aromatic heterocycles. The van der Waals surface area contributed by atoms with Gasteiger partial charge in [-0.25, -0.2) is 8.78 Å². The molecule has 1 aliphatic carbocycles. The van der Waals surface area contributed by atoms with E-state index in [1.807, 2.05) is 18.5 Å². The van der Waals surface area contributed by atoms with Crippen LogP contribution < -0.4 is 5.32 Å². The van der Waals surface area contributed by atoms with Gasteiger partial charge in [0.05, 0.1) is 5.69 Å². The van der Waals surface area contributed by atoms with E-state index >= 15 is 0 Å². The highest BCUT2D eigenvalue weighted by Gasteiger charge is 2.34. The van der Waals surface area contributed by atoms with Crippen molar-refractivity contribution in [1.29, 1.82) is 0 Å². The molecular formula is C10H14F2N2. The molecule has 2 rings (SSSR count). The monoisotopic (exact) mass is 200 g/mol. The Balaban J connectivity index is 1.85. The summed E-state index contributed by atoms with van der Waals surface area (Å²) in [5, 5.41) is 3.23. The minimum atomic E-state index is -2.43. The zero-order valence-corrected chi connectivity index (χ0v) is 7.89. The van der Waals surface area contributed by atoms with Gasteiger partial charge in [-0.1, -0.05) is 0 Å². The first-order valence-corrected chi connectivity index (χ1v) is 4.93. The Morgan fingerprint density at radius 3 is 2.64 bits per heavy atom. The number of H-pyrrole nitrogens is 1. The Morgan fingerprint density at radius 2 is 2.07 bits per heavy atom. The molecule has 14 heavy (non-hydrogen) atoms. The summed E-state index contributed by atoms with van der Waals surface area (Å²) in [5.41, 5.74) is 0.986. The Hall–Kier alpha value is -1.06. The summed E-state index contributed by atoms with van der Waals surface area (Å²) < 4.78 is 25.6. The minimum Gasteiger partial charge on any atom is -0.381 e. The van der Waals surface area contributed by atoms with E-state index < -0.39 is 5.92 Å². The highest BCUT2D eigenvalue weighted by Crippen LogP contribution is 2.34. The Morgan fingerprint density at radius 1 is 1.36 bits per heavy atom. The Bertz CT molecular complexity index is 272. The van der Waals surface area contributed by atoms with E-state index in [-0.39, 0.29) is 18.9 Å². The van der Waals surface area contributed by atoms with E-state index in [9.17, 15) is 8.78 Å². The third-order valence-electron chi connectivity index (χ3n) is 2.69. The van der Waals surface area contributed by atoms with E-state index in [4.69, 9.17) is 0 Å². The molecule has 0 bridgehead atoms. The first-order valence-electron chi connectivity index (χ1n) is 4.93. The number of halogens is 2. The van der Waals surface area contributed by atoms with Crippen molar-refractivity contribution >= 4 is 5.69 Å². The van der Waals surface area contributed by atoms with Crippen LogP contribution in [0.1, 0.15) is 25.7 Å². The van der Waals surface area contributed by atoms with Gasteiger partial charge in [-0.3, -0.25) is 0 Å². The summed E-state index contributed by atoms with van der Waals surface area (Å²) in [7, 11) is 0. The van der Waals surface area contributed by atoms with Gasteiger partial charge in [-0.2, -0.15) is 0 Å². The van der Waals surface area contributed by atoms with Crippen LogP contribution in [0.2, 0.25) is 0 Å². The van der Waals surface area contributed by atoms with Crippen LogP contribution in [0.25, 0.3) is 0 Å². The topological polar surface area (TPSA) is 27.8 Å². The minimum absolute atomic E-state index is 0.00902. The van der Waals surface area contributed by atoms with Crippen molar-refractivity contribution < 1.29 is 8.78 Å². The number of nitrogens with one attached hydrogen (secondary N) is 2. The fourth-order valence-electron chi connectivity index (χ4n) is 1.83. The molecule has 78 valence electrons. The maximum absolute atomic E-state index is 12.8. The molecule has 0 spiro atoms. The van der Waals surface area contributed by atoms with Crippen molar-refractivity contribution in [2.24, 2.45) is 0 Å². The Labute approximate surface area is 81.7 Å². The molecule has 1 aromatic rings. The normalized spacial score (nSPS) is 22.1. The third kappa shape index (κ3) is 2.25. The molecular weight excluding hydrogens is 186 g/mol. The molecule has 0 radical (unpaired) electrons. The van der Waals surface area contributed by atoms with Crippen LogP contribution in [0, 0.1) is 0 Å². The predicted octanol–water partition coefficient (Wildman–Crippen LogP) is 3.00. The number of alkyl halides is 2. The lowest BCUT2D eigenvalue weighted by molar-refractivity contribution is -0.0360. The molecule has 2 nitrogen and oxygen atoms in total. The summed E-state index contributed by atoms with van der Waals surface area (Å²) in [5.74, 6) is -2.43. The van der Waals surface area contributed by atoms with E-state index in [0.717, 1.165) is 5.69 Å². The number of hydrogen-bond acceptors (Lipinski definition) is 1. The molecule has 0 unspecified atom stereocenters. The van der Waals surface area contributed by atoms with Gasteiger partial charge >= 0.3 is 0 Å². The van der Waals surface area contributed by atoms with Crippen molar-refractivity contribution in [3.63, 3.8) is 0 Å². The van der Waals surface area contributed by atoms with Crippen molar-refractivity contribution in [2.45, 2.75) is 37.6 Å². The first-order chi connectivity index (χ1) is 6.66. The largest absolute Gasteiger partial charge is 0.381 e. The molecule has 0 amide bonds. The number of aromatic amines is 1. The predicted molar refractivity (Wildman–Crippen MR) is 51.6 cm³/mol. The van der Waals surface area contributed by atoms with Crippen LogP contribution in [0.15, 0.2) is 18.5 Å². The number of anilines is 1. The summed E-state index contributed by atoms with van der Waals surface area (Å²) >= 11 is 0. The smallest absolute Gasteiger partial charge is 0.248 e. The second-order valence-electron chi connectivity index (χ2n) is 3.87. The average Bonchev–Trinajstić information content (AvgIpc) is 2.61. The van der Waals surface area contributed by atoms with Crippen molar-refractivity contribution in [3.8, 4) is 0 Å². The lowest BCUT2D eigenvalue weighted by atomic mass is 9.92. The van der Waals surface area contributed by atoms with Crippen molar-refractivity contribution in [1.82, 2.24) is 4.98 Å². The second kappa shape index (κ2) is 3.59. The first kappa shape index (κ1) is 9.49. The average molecular weight is 200 g/mol. The number of aromatic nitrogens is 1. The van der Waals surface area contributed by atoms with Gasteiger partial charge in [-0.15, -0.1) is 0 Å². The fourth-order valence-corrected chi connectivity index (χ4v) is 1.83. The quantitative estimate of drug-likeness (QED) is 0.754. The van der Waals surface area contributed by atoms with Gasteiger partial charge < -0.3 is 10.3 Å². The number of hydrogen-bond donors (Lipinski definition) is 2. The highest BCUT2D eigenvalue weighted by molar-refractivity contribution is 5.41. The maximum Gasteiger partial charge on any atom is 0.248 e. The standard InChI is InChI=1S/C10H14F2N2/c11-10(12)4-1-8(2-5-10)14-9-3-6-13-7-9/h3,6-8,13-14H,1-2,4-5H2. The molecule has 4 heteroatoms. The molecule has 0 atom stereocenters. The van der Waals surface area contributed by atoms with Crippen molar-refractivity contribution in [3.05, 3.63) is 18.5 Å². The van der Waals surface area contributed by atoms with E-state index in [2.05, 4.69) is 10.3 Å². The lowest BCUT2D eigenvalue weighted by Gasteiger charge is -2.29. The molecule has 1 aliphatic rings. The lowest BCUT2D eigenvalue weighted by Crippen LogP contribution is -2.31. The van der Waals surface area contributed by atoms with Crippen LogP contribution in [-0.4, -0.2) is 16.9 Å². The zero-order chi connectivity index (χ0) is 10.0. The molecule has 0 aliphatic heterocycles. The van der Waals surface area contributed by atoms with Crippen molar-refractivity contribution in [2.75, 3.05) is 5.32 Å². The summed E-state index contributed by atoms with van der Waals surface area (Å²) in [6, 6.07) is 2.11. The molecule has 1 heterocycles. The molecule has 0 aromatic carbocycles. The zero-order valence-electron chi connectivity index (χ0n) is 7.89. The van der Waals surface area contributed by atoms with Gasteiger partial charge in [-0.05, 0) is 18.9 Å². The van der Waals surface area contributed by atoms with Gasteiger partial charge in [0.1, 0.15) is 0 Å². The molecule has 0 saturated heterocycles. The van der Waals surface area contributed by atoms with E-state index in [1.165, 1.54) is 0 Å². The van der Waals surface area contributed by atoms with Gasteiger partial charge in [0, 0.05) is 31.3 Å². The summed E-state index contributed by atoms with van der Waals surface area (Å²) in [6.45, 7) is 0. The van der Waals surface area contributed by atoms with Crippen LogP contribution in [0.4, 0.5) is 14.5 Å². The fraction of sp³-hybridized carbons (Fsp3) is 0.600. The molecule has 1 saturated carbocycles. The molecule has 1 fully saturated rings. The Kier molecular flexibility index (Phi) is 2.44. The SMILES string of the molecule is FC1(F)CCC(Nc2cc[nH]c2)CC1. The third-order valence-corrected chi connectivity index (χ3v) is 2.69. The van der Waals surface area contributed by atoms with Crippen LogP contribution in [0.5, 0.6) is 0 Å². The van der Waals surface area contributed by atoms with Crippen LogP contribution in [0.3, 0.4) is 0 Å². The summed E-state index contributed by atoms with van der Waals surface area (Å²) in [4.78, 5) is 2.92. The van der Waals surface area contributed by atoms with E-state index in [0.29, 0.717) is 12.8 Å². The van der Waals surface area contributed by atoms with Gasteiger partial charge in [0.15, 0.2) is 0 Å². The second-order valence-corrected chi connectivity index (χ2v) is 3.87. The van der Waals surface area contributed by atoms with Gasteiger partial charge in [0.2, 0.25) is 5.92 Å². The summed E-state index contributed by atoms with van der Waals surface area (Å²) in [6.07, 6.45) is 4.78. The van der Waals surface area contributed by atoms with Gasteiger partial charge in [0.25, 0.3) is 0 Å². The maximum atomic E-state index is 12.8. The van der Waals surface area contributed by atoms with Crippen LogP contribution >= 0.6 is 0 Å². The van der Waals surface area contributed by atoms with E-state index in [1.54, 1.807) is 0 Å². The van der Waals surface area contributed by atoms with Crippen LogP contribution in [-0.2, 0) is 0 Å². The highest BCUT2D eigenvalue weighted by atomic mass is 19.3. The number of rotatable bonds is 2.